The van der Waals surface area contributed by atoms with Gasteiger partial charge in [0, 0.05) is 4.88 Å². The molecule has 0 unspecified atom stereocenters. The SMILES string of the molecule is O=C1S/C(=C/c2cccs2)C(=O)N1Cc1ccc(F)cc1. The lowest BCUT2D eigenvalue weighted by molar-refractivity contribution is -0.123. The van der Waals surface area contributed by atoms with Gasteiger partial charge in [-0.1, -0.05) is 18.2 Å². The average molecular weight is 319 g/mol. The van der Waals surface area contributed by atoms with Crippen molar-refractivity contribution in [3.63, 3.8) is 0 Å². The van der Waals surface area contributed by atoms with E-state index in [1.54, 1.807) is 18.2 Å². The highest BCUT2D eigenvalue weighted by atomic mass is 32.2. The van der Waals surface area contributed by atoms with E-state index in [9.17, 15) is 14.0 Å². The van der Waals surface area contributed by atoms with E-state index in [0.717, 1.165) is 22.2 Å². The smallest absolute Gasteiger partial charge is 0.268 e. The van der Waals surface area contributed by atoms with Crippen LogP contribution in [0.5, 0.6) is 0 Å². The van der Waals surface area contributed by atoms with E-state index in [4.69, 9.17) is 0 Å². The molecule has 106 valence electrons. The molecule has 21 heavy (non-hydrogen) atoms. The predicted molar refractivity (Wildman–Crippen MR) is 82.2 cm³/mol. The van der Waals surface area contributed by atoms with Crippen molar-refractivity contribution in [2.24, 2.45) is 0 Å². The first-order valence-electron chi connectivity index (χ1n) is 6.17. The van der Waals surface area contributed by atoms with Gasteiger partial charge in [-0.05, 0) is 47.0 Å². The van der Waals surface area contributed by atoms with Crippen LogP contribution in [-0.4, -0.2) is 16.0 Å². The Balaban J connectivity index is 1.79. The third-order valence-electron chi connectivity index (χ3n) is 2.94. The highest BCUT2D eigenvalue weighted by Crippen LogP contribution is 2.33. The van der Waals surface area contributed by atoms with Gasteiger partial charge >= 0.3 is 0 Å². The van der Waals surface area contributed by atoms with Crippen molar-refractivity contribution in [2.75, 3.05) is 0 Å². The fourth-order valence-electron chi connectivity index (χ4n) is 1.91. The molecule has 0 atom stereocenters. The molecule has 1 aromatic heterocycles. The molecule has 1 fully saturated rings. The van der Waals surface area contributed by atoms with E-state index >= 15 is 0 Å². The minimum atomic E-state index is -0.342. The first kappa shape index (κ1) is 14.0. The van der Waals surface area contributed by atoms with Gasteiger partial charge in [0.25, 0.3) is 11.1 Å². The van der Waals surface area contributed by atoms with Gasteiger partial charge < -0.3 is 0 Å². The van der Waals surface area contributed by atoms with E-state index in [0.29, 0.717) is 4.91 Å². The van der Waals surface area contributed by atoms with Crippen LogP contribution in [0.1, 0.15) is 10.4 Å². The van der Waals surface area contributed by atoms with Crippen LogP contribution in [-0.2, 0) is 11.3 Å². The maximum atomic E-state index is 12.9. The number of carbonyl (C=O) groups excluding carboxylic acids is 2. The molecule has 0 saturated carbocycles. The Kier molecular flexibility index (Phi) is 3.90. The topological polar surface area (TPSA) is 37.4 Å². The Morgan fingerprint density at radius 3 is 2.57 bits per heavy atom. The molecule has 1 aromatic carbocycles. The number of amides is 2. The van der Waals surface area contributed by atoms with Crippen LogP contribution >= 0.6 is 23.1 Å². The summed E-state index contributed by atoms with van der Waals surface area (Å²) in [7, 11) is 0. The fraction of sp³-hybridized carbons (Fsp3) is 0.0667. The Morgan fingerprint density at radius 2 is 1.90 bits per heavy atom. The van der Waals surface area contributed by atoms with Gasteiger partial charge in [0.2, 0.25) is 0 Å². The highest BCUT2D eigenvalue weighted by molar-refractivity contribution is 8.18. The third-order valence-corrected chi connectivity index (χ3v) is 4.67. The second kappa shape index (κ2) is 5.83. The van der Waals surface area contributed by atoms with Gasteiger partial charge in [0.1, 0.15) is 5.82 Å². The summed E-state index contributed by atoms with van der Waals surface area (Å²) in [5, 5.41) is 1.61. The summed E-state index contributed by atoms with van der Waals surface area (Å²) < 4.78 is 12.9. The normalized spacial score (nSPS) is 17.0. The van der Waals surface area contributed by atoms with Crippen LogP contribution in [0.15, 0.2) is 46.7 Å². The average Bonchev–Trinajstić information content (AvgIpc) is 3.06. The standard InChI is InChI=1S/C15H10FNO2S2/c16-11-5-3-10(4-6-11)9-17-14(18)13(21-15(17)19)8-12-2-1-7-20-12/h1-8H,9H2/b13-8+. The molecule has 1 aliphatic heterocycles. The zero-order valence-corrected chi connectivity index (χ0v) is 12.4. The Bertz CT molecular complexity index is 708. The minimum Gasteiger partial charge on any atom is -0.268 e. The third kappa shape index (κ3) is 3.06. The van der Waals surface area contributed by atoms with Crippen LogP contribution in [0.4, 0.5) is 9.18 Å². The number of carbonyl (C=O) groups is 2. The molecular weight excluding hydrogens is 309 g/mol. The highest BCUT2D eigenvalue weighted by Gasteiger charge is 2.34. The quantitative estimate of drug-likeness (QED) is 0.799. The van der Waals surface area contributed by atoms with E-state index in [2.05, 4.69) is 0 Å². The molecule has 0 N–H and O–H groups in total. The summed E-state index contributed by atoms with van der Waals surface area (Å²) in [6, 6.07) is 9.55. The van der Waals surface area contributed by atoms with E-state index in [1.807, 2.05) is 17.5 Å². The lowest BCUT2D eigenvalue weighted by Gasteiger charge is -2.12. The van der Waals surface area contributed by atoms with Gasteiger partial charge in [-0.3, -0.25) is 14.5 Å². The monoisotopic (exact) mass is 319 g/mol. The molecule has 0 radical (unpaired) electrons. The molecular formula is C15H10FNO2S2. The number of hydrogen-bond donors (Lipinski definition) is 0. The second-order valence-electron chi connectivity index (χ2n) is 4.41. The van der Waals surface area contributed by atoms with E-state index in [1.165, 1.54) is 28.4 Å². The summed E-state index contributed by atoms with van der Waals surface area (Å²) in [6.45, 7) is 0.159. The first-order chi connectivity index (χ1) is 10.1. The van der Waals surface area contributed by atoms with Crippen molar-refractivity contribution in [2.45, 2.75) is 6.54 Å². The van der Waals surface area contributed by atoms with Crippen molar-refractivity contribution in [3.05, 3.63) is 62.9 Å². The summed E-state index contributed by atoms with van der Waals surface area (Å²) in [5.41, 5.74) is 0.719. The van der Waals surface area contributed by atoms with Crippen molar-refractivity contribution >= 4 is 40.3 Å². The molecule has 1 saturated heterocycles. The van der Waals surface area contributed by atoms with Crippen molar-refractivity contribution in [1.82, 2.24) is 4.90 Å². The molecule has 0 bridgehead atoms. The van der Waals surface area contributed by atoms with Crippen molar-refractivity contribution in [3.8, 4) is 0 Å². The molecule has 3 nitrogen and oxygen atoms in total. The molecule has 0 aliphatic carbocycles. The van der Waals surface area contributed by atoms with Crippen LogP contribution in [0.3, 0.4) is 0 Å². The minimum absolute atomic E-state index is 0.159. The van der Waals surface area contributed by atoms with Gasteiger partial charge in [-0.25, -0.2) is 4.39 Å². The van der Waals surface area contributed by atoms with Gasteiger partial charge in [0.05, 0.1) is 11.4 Å². The number of thiophene rings is 1. The van der Waals surface area contributed by atoms with Crippen LogP contribution < -0.4 is 0 Å². The molecule has 1 aliphatic rings. The molecule has 2 heterocycles. The van der Waals surface area contributed by atoms with E-state index < -0.39 is 0 Å². The van der Waals surface area contributed by atoms with Crippen LogP contribution in [0.25, 0.3) is 6.08 Å². The van der Waals surface area contributed by atoms with Crippen molar-refractivity contribution < 1.29 is 14.0 Å². The Labute approximate surface area is 129 Å². The number of nitrogens with zero attached hydrogens (tertiary/aromatic N) is 1. The summed E-state index contributed by atoms with van der Waals surface area (Å²) >= 11 is 2.44. The van der Waals surface area contributed by atoms with Crippen molar-refractivity contribution in [1.29, 1.82) is 0 Å². The molecule has 0 spiro atoms. The fourth-order valence-corrected chi connectivity index (χ4v) is 3.47. The number of hydrogen-bond acceptors (Lipinski definition) is 4. The van der Waals surface area contributed by atoms with Gasteiger partial charge in [-0.15, -0.1) is 11.3 Å². The van der Waals surface area contributed by atoms with Gasteiger partial charge in [-0.2, -0.15) is 0 Å². The molecule has 6 heteroatoms. The first-order valence-corrected chi connectivity index (χ1v) is 7.86. The lowest BCUT2D eigenvalue weighted by Crippen LogP contribution is -2.27. The number of thioether (sulfide) groups is 1. The Morgan fingerprint density at radius 1 is 1.14 bits per heavy atom. The van der Waals surface area contributed by atoms with E-state index in [-0.39, 0.29) is 23.5 Å². The second-order valence-corrected chi connectivity index (χ2v) is 6.38. The number of imide groups is 1. The summed E-state index contributed by atoms with van der Waals surface area (Å²) in [5.74, 6) is -0.645. The predicted octanol–water partition coefficient (Wildman–Crippen LogP) is 4.12. The van der Waals surface area contributed by atoms with Crippen LogP contribution in [0.2, 0.25) is 0 Å². The number of rotatable bonds is 3. The zero-order valence-electron chi connectivity index (χ0n) is 10.8. The molecule has 3 rings (SSSR count). The Hall–Kier alpha value is -1.92. The summed E-state index contributed by atoms with van der Waals surface area (Å²) in [6.07, 6.45) is 1.72. The maximum absolute atomic E-state index is 12.9. The molecule has 2 aromatic rings. The number of halogens is 1. The molecule has 2 amide bonds. The number of benzene rings is 1. The van der Waals surface area contributed by atoms with Crippen LogP contribution in [0, 0.1) is 5.82 Å². The van der Waals surface area contributed by atoms with Gasteiger partial charge in [0.15, 0.2) is 0 Å². The largest absolute Gasteiger partial charge is 0.293 e. The lowest BCUT2D eigenvalue weighted by atomic mass is 10.2. The maximum Gasteiger partial charge on any atom is 0.293 e. The summed E-state index contributed by atoms with van der Waals surface area (Å²) in [4.78, 5) is 26.7. The zero-order chi connectivity index (χ0) is 14.8.